The van der Waals surface area contributed by atoms with Crippen LogP contribution in [0.5, 0.6) is 0 Å². The van der Waals surface area contributed by atoms with Crippen LogP contribution in [0.2, 0.25) is 0 Å². The van der Waals surface area contributed by atoms with Gasteiger partial charge in [-0.1, -0.05) is 6.92 Å². The topological polar surface area (TPSA) is 17.1 Å². The number of halogens is 1. The molecular formula is C11H13FO. The fourth-order valence-corrected chi connectivity index (χ4v) is 1.19. The van der Waals surface area contributed by atoms with Crippen molar-refractivity contribution in [1.82, 2.24) is 0 Å². The molecule has 0 amide bonds. The first-order chi connectivity index (χ1) is 6.15. The zero-order valence-corrected chi connectivity index (χ0v) is 7.93. The van der Waals surface area contributed by atoms with Crippen LogP contribution in [-0.4, -0.2) is 5.78 Å². The molecule has 0 N–H and O–H groups in total. The lowest BCUT2D eigenvalue weighted by atomic mass is 10.0. The Morgan fingerprint density at radius 2 is 2.15 bits per heavy atom. The summed E-state index contributed by atoms with van der Waals surface area (Å²) in [6.45, 7) is 3.62. The second-order valence-corrected chi connectivity index (χ2v) is 3.14. The molecule has 0 atom stereocenters. The van der Waals surface area contributed by atoms with E-state index in [9.17, 15) is 9.18 Å². The van der Waals surface area contributed by atoms with Gasteiger partial charge < -0.3 is 0 Å². The highest BCUT2D eigenvalue weighted by Crippen LogP contribution is 2.11. The van der Waals surface area contributed by atoms with Gasteiger partial charge >= 0.3 is 0 Å². The summed E-state index contributed by atoms with van der Waals surface area (Å²) in [4.78, 5) is 11.4. The van der Waals surface area contributed by atoms with Crippen LogP contribution in [0, 0.1) is 12.7 Å². The van der Waals surface area contributed by atoms with Crippen molar-refractivity contribution in [2.45, 2.75) is 26.7 Å². The van der Waals surface area contributed by atoms with Gasteiger partial charge in [0.1, 0.15) is 5.82 Å². The van der Waals surface area contributed by atoms with Crippen LogP contribution < -0.4 is 0 Å². The summed E-state index contributed by atoms with van der Waals surface area (Å²) in [5.41, 5.74) is 1.14. The summed E-state index contributed by atoms with van der Waals surface area (Å²) in [6, 6.07) is 4.49. The molecule has 0 aliphatic carbocycles. The molecule has 1 nitrogen and oxygen atoms in total. The normalized spacial score (nSPS) is 10.1. The Labute approximate surface area is 77.6 Å². The lowest BCUT2D eigenvalue weighted by Crippen LogP contribution is -1.99. The van der Waals surface area contributed by atoms with Crippen molar-refractivity contribution in [1.29, 1.82) is 0 Å². The smallest absolute Gasteiger partial charge is 0.162 e. The molecule has 0 saturated carbocycles. The second-order valence-electron chi connectivity index (χ2n) is 3.14. The Hall–Kier alpha value is -1.18. The third-order valence-corrected chi connectivity index (χ3v) is 1.96. The quantitative estimate of drug-likeness (QED) is 0.653. The average Bonchev–Trinajstić information content (AvgIpc) is 2.10. The first-order valence-corrected chi connectivity index (χ1v) is 4.44. The van der Waals surface area contributed by atoms with E-state index in [0.717, 1.165) is 6.42 Å². The average molecular weight is 180 g/mol. The minimum Gasteiger partial charge on any atom is -0.294 e. The number of rotatable bonds is 3. The summed E-state index contributed by atoms with van der Waals surface area (Å²) < 4.78 is 12.8. The lowest BCUT2D eigenvalue weighted by molar-refractivity contribution is 0.0981. The minimum absolute atomic E-state index is 0.0885. The fourth-order valence-electron chi connectivity index (χ4n) is 1.19. The molecule has 2 heteroatoms. The van der Waals surface area contributed by atoms with Crippen LogP contribution in [0.3, 0.4) is 0 Å². The van der Waals surface area contributed by atoms with Gasteiger partial charge in [0.2, 0.25) is 0 Å². The van der Waals surface area contributed by atoms with Crippen molar-refractivity contribution < 1.29 is 9.18 Å². The SMILES string of the molecule is CCCC(=O)c1ccc(F)c(C)c1. The van der Waals surface area contributed by atoms with E-state index < -0.39 is 0 Å². The molecule has 0 aromatic heterocycles. The molecule has 13 heavy (non-hydrogen) atoms. The van der Waals surface area contributed by atoms with Crippen LogP contribution in [0.1, 0.15) is 35.7 Å². The summed E-state index contributed by atoms with van der Waals surface area (Å²) in [5.74, 6) is -0.168. The van der Waals surface area contributed by atoms with Gasteiger partial charge in [0.05, 0.1) is 0 Å². The Balaban J connectivity index is 2.90. The van der Waals surface area contributed by atoms with Gasteiger partial charge in [0.15, 0.2) is 5.78 Å². The predicted molar refractivity (Wildman–Crippen MR) is 50.4 cm³/mol. The summed E-state index contributed by atoms with van der Waals surface area (Å²) in [7, 11) is 0. The Morgan fingerprint density at radius 3 is 2.69 bits per heavy atom. The number of hydrogen-bond acceptors (Lipinski definition) is 1. The number of carbonyl (C=O) groups excluding carboxylic acids is 1. The molecule has 1 rings (SSSR count). The van der Waals surface area contributed by atoms with Crippen molar-refractivity contribution in [2.24, 2.45) is 0 Å². The molecule has 0 radical (unpaired) electrons. The fraction of sp³-hybridized carbons (Fsp3) is 0.364. The van der Waals surface area contributed by atoms with Gasteiger partial charge in [-0.25, -0.2) is 4.39 Å². The van der Waals surface area contributed by atoms with Crippen molar-refractivity contribution in [3.05, 3.63) is 35.1 Å². The Morgan fingerprint density at radius 1 is 1.46 bits per heavy atom. The third-order valence-electron chi connectivity index (χ3n) is 1.96. The summed E-state index contributed by atoms with van der Waals surface area (Å²) >= 11 is 0. The van der Waals surface area contributed by atoms with E-state index in [0.29, 0.717) is 17.5 Å². The molecule has 0 aliphatic rings. The Bertz CT molecular complexity index is 318. The zero-order chi connectivity index (χ0) is 9.84. The van der Waals surface area contributed by atoms with Gasteiger partial charge in [0.25, 0.3) is 0 Å². The van der Waals surface area contributed by atoms with Gasteiger partial charge in [-0.15, -0.1) is 0 Å². The van der Waals surface area contributed by atoms with Crippen LogP contribution >= 0.6 is 0 Å². The van der Waals surface area contributed by atoms with Gasteiger partial charge in [0, 0.05) is 12.0 Å². The van der Waals surface area contributed by atoms with Crippen LogP contribution in [0.4, 0.5) is 4.39 Å². The molecule has 0 spiro atoms. The molecule has 1 aromatic carbocycles. The number of ketones is 1. The molecule has 70 valence electrons. The largest absolute Gasteiger partial charge is 0.294 e. The van der Waals surface area contributed by atoms with E-state index in [-0.39, 0.29) is 11.6 Å². The van der Waals surface area contributed by atoms with Crippen molar-refractivity contribution in [3.8, 4) is 0 Å². The molecular weight excluding hydrogens is 167 g/mol. The van der Waals surface area contributed by atoms with E-state index in [2.05, 4.69) is 0 Å². The standard InChI is InChI=1S/C11H13FO/c1-3-4-11(13)9-5-6-10(12)8(2)7-9/h5-7H,3-4H2,1-2H3. The highest BCUT2D eigenvalue weighted by molar-refractivity contribution is 5.96. The molecule has 1 aromatic rings. The van der Waals surface area contributed by atoms with Crippen LogP contribution in [0.25, 0.3) is 0 Å². The van der Waals surface area contributed by atoms with E-state index in [1.807, 2.05) is 6.92 Å². The van der Waals surface area contributed by atoms with Crippen LogP contribution in [0.15, 0.2) is 18.2 Å². The molecule has 0 unspecified atom stereocenters. The number of aryl methyl sites for hydroxylation is 1. The van der Waals surface area contributed by atoms with Gasteiger partial charge in [-0.3, -0.25) is 4.79 Å². The minimum atomic E-state index is -0.256. The van der Waals surface area contributed by atoms with E-state index in [1.165, 1.54) is 6.07 Å². The maximum Gasteiger partial charge on any atom is 0.162 e. The summed E-state index contributed by atoms with van der Waals surface area (Å²) in [5, 5.41) is 0. The maximum absolute atomic E-state index is 12.8. The van der Waals surface area contributed by atoms with Crippen molar-refractivity contribution in [3.63, 3.8) is 0 Å². The molecule has 0 heterocycles. The van der Waals surface area contributed by atoms with Gasteiger partial charge in [-0.2, -0.15) is 0 Å². The zero-order valence-electron chi connectivity index (χ0n) is 7.93. The van der Waals surface area contributed by atoms with E-state index >= 15 is 0 Å². The van der Waals surface area contributed by atoms with Crippen molar-refractivity contribution >= 4 is 5.78 Å². The summed E-state index contributed by atoms with van der Waals surface area (Å²) in [6.07, 6.45) is 1.36. The van der Waals surface area contributed by atoms with E-state index in [1.54, 1.807) is 19.1 Å². The maximum atomic E-state index is 12.8. The first-order valence-electron chi connectivity index (χ1n) is 4.44. The molecule has 0 saturated heterocycles. The number of hydrogen-bond donors (Lipinski definition) is 0. The van der Waals surface area contributed by atoms with Gasteiger partial charge in [-0.05, 0) is 37.1 Å². The molecule has 0 bridgehead atoms. The lowest BCUT2D eigenvalue weighted by Gasteiger charge is -2.01. The van der Waals surface area contributed by atoms with Crippen molar-refractivity contribution in [2.75, 3.05) is 0 Å². The highest BCUT2D eigenvalue weighted by atomic mass is 19.1. The second kappa shape index (κ2) is 4.17. The predicted octanol–water partition coefficient (Wildman–Crippen LogP) is 3.12. The number of benzene rings is 1. The number of carbonyl (C=O) groups is 1. The first kappa shape index (κ1) is 9.90. The molecule has 0 aliphatic heterocycles. The monoisotopic (exact) mass is 180 g/mol. The third kappa shape index (κ3) is 2.38. The van der Waals surface area contributed by atoms with Crippen LogP contribution in [-0.2, 0) is 0 Å². The molecule has 0 fully saturated rings. The highest BCUT2D eigenvalue weighted by Gasteiger charge is 2.05. The number of Topliss-reactive ketones (excluding diaryl/α,β-unsaturated/α-hetero) is 1. The van der Waals surface area contributed by atoms with E-state index in [4.69, 9.17) is 0 Å². The Kier molecular flexibility index (Phi) is 3.18.